The van der Waals surface area contributed by atoms with Gasteiger partial charge in [-0.25, -0.2) is 0 Å². The molecular formula is C21H22N2O2. The number of phenolic OH excluding ortho intramolecular Hbond substituents is 1. The maximum Gasteiger partial charge on any atom is 0.122 e. The molecule has 0 saturated heterocycles. The number of nitrogens with one attached hydrogen (secondary N) is 1. The molecule has 0 spiro atoms. The second-order valence-corrected chi connectivity index (χ2v) is 5.80. The number of ether oxygens (including phenoxy) is 1. The van der Waals surface area contributed by atoms with Gasteiger partial charge in [-0.1, -0.05) is 24.3 Å². The first kappa shape index (κ1) is 17.0. The van der Waals surface area contributed by atoms with Gasteiger partial charge in [-0.05, 0) is 54.9 Å². The topological polar surface area (TPSA) is 54.4 Å². The van der Waals surface area contributed by atoms with Crippen molar-refractivity contribution in [2.45, 2.75) is 13.0 Å². The van der Waals surface area contributed by atoms with Crippen LogP contribution >= 0.6 is 0 Å². The fraction of sp³-hybridized carbons (Fsp3) is 0.190. The van der Waals surface area contributed by atoms with Gasteiger partial charge >= 0.3 is 0 Å². The normalized spacial score (nSPS) is 10.6. The highest BCUT2D eigenvalue weighted by Gasteiger charge is 2.06. The van der Waals surface area contributed by atoms with Gasteiger partial charge in [0.25, 0.3) is 0 Å². The van der Waals surface area contributed by atoms with E-state index in [1.807, 2.05) is 48.5 Å². The first-order valence-electron chi connectivity index (χ1n) is 8.34. The van der Waals surface area contributed by atoms with E-state index in [1.165, 1.54) is 5.56 Å². The Morgan fingerprint density at radius 1 is 1.00 bits per heavy atom. The molecule has 0 aliphatic carbocycles. The molecule has 1 aromatic heterocycles. The number of aromatic nitrogens is 1. The van der Waals surface area contributed by atoms with E-state index in [0.717, 1.165) is 35.5 Å². The molecule has 4 nitrogen and oxygen atoms in total. The number of para-hydroxylation sites is 1. The van der Waals surface area contributed by atoms with Crippen molar-refractivity contribution in [1.82, 2.24) is 10.3 Å². The Hall–Kier alpha value is -2.85. The quantitative estimate of drug-likeness (QED) is 0.646. The third-order valence-electron chi connectivity index (χ3n) is 4.12. The number of benzene rings is 2. The van der Waals surface area contributed by atoms with Crippen LogP contribution in [0.4, 0.5) is 0 Å². The zero-order chi connectivity index (χ0) is 17.5. The maximum absolute atomic E-state index is 10.1. The van der Waals surface area contributed by atoms with E-state index in [0.29, 0.717) is 12.3 Å². The number of phenols is 1. The smallest absolute Gasteiger partial charge is 0.122 e. The Morgan fingerprint density at radius 2 is 1.84 bits per heavy atom. The van der Waals surface area contributed by atoms with Gasteiger partial charge < -0.3 is 15.2 Å². The summed E-state index contributed by atoms with van der Waals surface area (Å²) in [5.41, 5.74) is 3.94. The molecule has 3 rings (SSSR count). The van der Waals surface area contributed by atoms with E-state index in [9.17, 15) is 5.11 Å². The summed E-state index contributed by atoms with van der Waals surface area (Å²) in [6, 6.07) is 19.4. The SMILES string of the molecule is COc1ccccc1CCNCc1cc(-c2ccccn2)ccc1O. The van der Waals surface area contributed by atoms with Crippen LogP contribution in [-0.2, 0) is 13.0 Å². The second-order valence-electron chi connectivity index (χ2n) is 5.80. The number of hydrogen-bond acceptors (Lipinski definition) is 4. The molecule has 2 N–H and O–H groups in total. The minimum absolute atomic E-state index is 0.296. The third kappa shape index (κ3) is 4.37. The molecule has 0 bridgehead atoms. The van der Waals surface area contributed by atoms with Crippen molar-refractivity contribution in [2.24, 2.45) is 0 Å². The van der Waals surface area contributed by atoms with E-state index in [1.54, 1.807) is 19.4 Å². The standard InChI is InChI=1S/C21H22N2O2/c1-25-21-8-3-2-6-16(21)11-13-22-15-18-14-17(9-10-20(18)24)19-7-4-5-12-23-19/h2-10,12,14,22,24H,11,13,15H2,1H3. The molecule has 0 saturated carbocycles. The fourth-order valence-electron chi connectivity index (χ4n) is 2.78. The Bertz CT molecular complexity index is 819. The van der Waals surface area contributed by atoms with Gasteiger partial charge in [-0.15, -0.1) is 0 Å². The van der Waals surface area contributed by atoms with Crippen molar-refractivity contribution < 1.29 is 9.84 Å². The minimum atomic E-state index is 0.296. The summed E-state index contributed by atoms with van der Waals surface area (Å²) < 4.78 is 5.37. The minimum Gasteiger partial charge on any atom is -0.508 e. The van der Waals surface area contributed by atoms with Crippen molar-refractivity contribution in [3.05, 3.63) is 78.0 Å². The summed E-state index contributed by atoms with van der Waals surface area (Å²) in [5, 5.41) is 13.5. The van der Waals surface area contributed by atoms with E-state index in [4.69, 9.17) is 4.74 Å². The fourth-order valence-corrected chi connectivity index (χ4v) is 2.78. The first-order chi connectivity index (χ1) is 12.3. The van der Waals surface area contributed by atoms with Crippen LogP contribution in [0.15, 0.2) is 66.9 Å². The van der Waals surface area contributed by atoms with Gasteiger partial charge in [0, 0.05) is 23.9 Å². The third-order valence-corrected chi connectivity index (χ3v) is 4.12. The summed E-state index contributed by atoms with van der Waals surface area (Å²) in [5.74, 6) is 1.20. The lowest BCUT2D eigenvalue weighted by Gasteiger charge is -2.11. The summed E-state index contributed by atoms with van der Waals surface area (Å²) in [4.78, 5) is 4.36. The Kier molecular flexibility index (Phi) is 5.65. The van der Waals surface area contributed by atoms with Gasteiger partial charge in [0.15, 0.2) is 0 Å². The lowest BCUT2D eigenvalue weighted by molar-refractivity contribution is 0.409. The van der Waals surface area contributed by atoms with Crippen LogP contribution in [-0.4, -0.2) is 23.7 Å². The van der Waals surface area contributed by atoms with Crippen molar-refractivity contribution in [3.8, 4) is 22.8 Å². The van der Waals surface area contributed by atoms with Crippen molar-refractivity contribution in [2.75, 3.05) is 13.7 Å². The van der Waals surface area contributed by atoms with Gasteiger partial charge in [0.2, 0.25) is 0 Å². The van der Waals surface area contributed by atoms with Crippen LogP contribution in [0.1, 0.15) is 11.1 Å². The largest absolute Gasteiger partial charge is 0.508 e. The summed E-state index contributed by atoms with van der Waals surface area (Å²) in [7, 11) is 1.69. The maximum atomic E-state index is 10.1. The Balaban J connectivity index is 1.61. The van der Waals surface area contributed by atoms with E-state index in [-0.39, 0.29) is 0 Å². The van der Waals surface area contributed by atoms with E-state index in [2.05, 4.69) is 16.4 Å². The average molecular weight is 334 g/mol. The zero-order valence-electron chi connectivity index (χ0n) is 14.3. The molecule has 128 valence electrons. The summed E-state index contributed by atoms with van der Waals surface area (Å²) >= 11 is 0. The molecule has 0 radical (unpaired) electrons. The van der Waals surface area contributed by atoms with Crippen molar-refractivity contribution in [1.29, 1.82) is 0 Å². The molecule has 2 aromatic carbocycles. The Morgan fingerprint density at radius 3 is 2.64 bits per heavy atom. The van der Waals surface area contributed by atoms with Crippen LogP contribution in [0.25, 0.3) is 11.3 Å². The van der Waals surface area contributed by atoms with Gasteiger partial charge in [0.05, 0.1) is 12.8 Å². The van der Waals surface area contributed by atoms with Crippen LogP contribution in [0.5, 0.6) is 11.5 Å². The highest BCUT2D eigenvalue weighted by molar-refractivity contribution is 5.61. The number of hydrogen-bond donors (Lipinski definition) is 2. The molecular weight excluding hydrogens is 312 g/mol. The molecule has 3 aromatic rings. The molecule has 4 heteroatoms. The van der Waals surface area contributed by atoms with Crippen LogP contribution < -0.4 is 10.1 Å². The molecule has 0 unspecified atom stereocenters. The van der Waals surface area contributed by atoms with Crippen molar-refractivity contribution >= 4 is 0 Å². The molecule has 0 aliphatic heterocycles. The summed E-state index contributed by atoms with van der Waals surface area (Å²) in [6.07, 6.45) is 2.64. The molecule has 0 fully saturated rings. The van der Waals surface area contributed by atoms with Crippen LogP contribution in [0.3, 0.4) is 0 Å². The van der Waals surface area contributed by atoms with E-state index < -0.39 is 0 Å². The van der Waals surface area contributed by atoms with Crippen LogP contribution in [0.2, 0.25) is 0 Å². The van der Waals surface area contributed by atoms with Crippen LogP contribution in [0, 0.1) is 0 Å². The second kappa shape index (κ2) is 8.31. The zero-order valence-corrected chi connectivity index (χ0v) is 14.3. The number of aromatic hydroxyl groups is 1. The predicted octanol–water partition coefficient (Wildman–Crippen LogP) is 3.80. The highest BCUT2D eigenvalue weighted by Crippen LogP contribution is 2.24. The highest BCUT2D eigenvalue weighted by atomic mass is 16.5. The van der Waals surface area contributed by atoms with Crippen molar-refractivity contribution in [3.63, 3.8) is 0 Å². The monoisotopic (exact) mass is 334 g/mol. The first-order valence-corrected chi connectivity index (χ1v) is 8.34. The number of methoxy groups -OCH3 is 1. The molecule has 1 heterocycles. The predicted molar refractivity (Wildman–Crippen MR) is 99.7 cm³/mol. The van der Waals surface area contributed by atoms with Gasteiger partial charge in [-0.3, -0.25) is 4.98 Å². The average Bonchev–Trinajstić information content (AvgIpc) is 2.67. The number of rotatable bonds is 7. The number of nitrogens with zero attached hydrogens (tertiary/aromatic N) is 1. The molecule has 0 atom stereocenters. The number of pyridine rings is 1. The molecule has 0 aliphatic rings. The lowest BCUT2D eigenvalue weighted by atomic mass is 10.1. The lowest BCUT2D eigenvalue weighted by Crippen LogP contribution is -2.17. The van der Waals surface area contributed by atoms with Gasteiger partial charge in [0.1, 0.15) is 11.5 Å². The summed E-state index contributed by atoms with van der Waals surface area (Å²) in [6.45, 7) is 1.40. The molecule has 0 amide bonds. The van der Waals surface area contributed by atoms with E-state index >= 15 is 0 Å². The molecule has 25 heavy (non-hydrogen) atoms. The van der Waals surface area contributed by atoms with Gasteiger partial charge in [-0.2, -0.15) is 0 Å². The Labute approximate surface area is 148 Å².